The second kappa shape index (κ2) is 9.81. The Balaban J connectivity index is 1.62. The Morgan fingerprint density at radius 1 is 0.973 bits per heavy atom. The highest BCUT2D eigenvalue weighted by Crippen LogP contribution is 2.28. The first-order valence-corrected chi connectivity index (χ1v) is 12.2. The van der Waals surface area contributed by atoms with Crippen molar-refractivity contribution in [1.29, 1.82) is 0 Å². The molecule has 0 amide bonds. The number of aromatic nitrogens is 5. The van der Waals surface area contributed by atoms with Gasteiger partial charge < -0.3 is 10.1 Å². The molecule has 0 saturated heterocycles. The Labute approximate surface area is 215 Å². The Kier molecular flexibility index (Phi) is 6.40. The lowest BCUT2D eigenvalue weighted by Gasteiger charge is -2.14. The number of nitrogens with one attached hydrogen (secondary N) is 1. The number of carbonyl (C=O) groups excluding carboxylic acids is 1. The number of nitrogens with zero attached hydrogens (tertiary/aromatic N) is 5. The molecule has 0 radical (unpaired) electrons. The van der Waals surface area contributed by atoms with Crippen molar-refractivity contribution in [2.24, 2.45) is 0 Å². The van der Waals surface area contributed by atoms with Crippen LogP contribution in [0.3, 0.4) is 0 Å². The molecule has 1 N–H and O–H groups in total. The lowest BCUT2D eigenvalue weighted by atomic mass is 10.0. The highest BCUT2D eigenvalue weighted by Gasteiger charge is 2.20. The van der Waals surface area contributed by atoms with Crippen molar-refractivity contribution in [2.75, 3.05) is 11.9 Å². The van der Waals surface area contributed by atoms with E-state index in [0.717, 1.165) is 33.3 Å². The number of carbonyl (C=O) groups is 1. The number of benzene rings is 2. The van der Waals surface area contributed by atoms with Gasteiger partial charge in [-0.05, 0) is 57.9 Å². The first-order valence-electron chi connectivity index (χ1n) is 12.2. The molecule has 0 aliphatic carbocycles. The number of ether oxygens (including phenoxy) is 1. The zero-order chi connectivity index (χ0) is 26.1. The van der Waals surface area contributed by atoms with Crippen molar-refractivity contribution < 1.29 is 9.53 Å². The molecule has 0 fully saturated rings. The molecule has 0 aliphatic rings. The zero-order valence-electron chi connectivity index (χ0n) is 21.5. The summed E-state index contributed by atoms with van der Waals surface area (Å²) in [5, 5.41) is 9.12. The zero-order valence-corrected chi connectivity index (χ0v) is 21.5. The van der Waals surface area contributed by atoms with Gasteiger partial charge in [-0.15, -0.1) is 0 Å². The van der Waals surface area contributed by atoms with Gasteiger partial charge in [0, 0.05) is 23.2 Å². The second-order valence-electron chi connectivity index (χ2n) is 9.03. The maximum absolute atomic E-state index is 12.7. The molecule has 5 aromatic rings. The van der Waals surface area contributed by atoms with Gasteiger partial charge in [0.15, 0.2) is 11.6 Å². The highest BCUT2D eigenvalue weighted by atomic mass is 16.5. The van der Waals surface area contributed by atoms with Crippen LogP contribution in [0.25, 0.3) is 28.1 Å². The summed E-state index contributed by atoms with van der Waals surface area (Å²) in [5.74, 6) is 1.61. The lowest BCUT2D eigenvalue weighted by molar-refractivity contribution is 0.0526. The van der Waals surface area contributed by atoms with Gasteiger partial charge in [-0.25, -0.2) is 19.7 Å². The average molecular weight is 493 g/mol. The van der Waals surface area contributed by atoms with E-state index < -0.39 is 5.97 Å². The molecule has 8 nitrogen and oxygen atoms in total. The number of hydrogen-bond donors (Lipinski definition) is 1. The first-order chi connectivity index (χ1) is 17.8. The summed E-state index contributed by atoms with van der Waals surface area (Å²) in [5.41, 5.74) is 6.20. The summed E-state index contributed by atoms with van der Waals surface area (Å²) in [6.07, 6.45) is 1.49. The number of hydrogen-bond acceptors (Lipinski definition) is 7. The topological polar surface area (TPSA) is 94.8 Å². The van der Waals surface area contributed by atoms with Crippen LogP contribution < -0.4 is 5.32 Å². The van der Waals surface area contributed by atoms with Crippen molar-refractivity contribution in [3.63, 3.8) is 0 Å². The van der Waals surface area contributed by atoms with E-state index in [2.05, 4.69) is 43.2 Å². The number of rotatable bonds is 6. The molecule has 0 atom stereocenters. The van der Waals surface area contributed by atoms with Gasteiger partial charge in [-0.2, -0.15) is 9.78 Å². The van der Waals surface area contributed by atoms with Crippen LogP contribution in [0.15, 0.2) is 60.8 Å². The van der Waals surface area contributed by atoms with E-state index in [1.807, 2.05) is 49.4 Å². The highest BCUT2D eigenvalue weighted by molar-refractivity contribution is 5.95. The van der Waals surface area contributed by atoms with Gasteiger partial charge in [-0.3, -0.25) is 0 Å². The average Bonchev–Trinajstić information content (AvgIpc) is 3.25. The number of fused-ring (bicyclic) bond motifs is 1. The Morgan fingerprint density at radius 3 is 2.51 bits per heavy atom. The fourth-order valence-corrected chi connectivity index (χ4v) is 4.38. The van der Waals surface area contributed by atoms with E-state index in [9.17, 15) is 4.79 Å². The summed E-state index contributed by atoms with van der Waals surface area (Å²) in [7, 11) is 0. The van der Waals surface area contributed by atoms with E-state index in [1.54, 1.807) is 11.6 Å². The normalized spacial score (nSPS) is 11.1. The molecule has 186 valence electrons. The molecule has 0 saturated carbocycles. The quantitative estimate of drug-likeness (QED) is 0.289. The standard InChI is InChI=1S/C29H28N6O2/c1-6-37-29(36)23-16-30-27(21-10-8-7-9-11-21)33-28(23)32-25-15-20(5)34-35(25)24-14-18(3)22-13-17(2)12-19(4)26(22)31-24/h7-16H,6H2,1-5H3,(H,30,32,33). The van der Waals surface area contributed by atoms with E-state index >= 15 is 0 Å². The Hall–Kier alpha value is -4.59. The van der Waals surface area contributed by atoms with Crippen molar-refractivity contribution in [2.45, 2.75) is 34.6 Å². The maximum Gasteiger partial charge on any atom is 0.343 e. The van der Waals surface area contributed by atoms with Crippen LogP contribution in [0.2, 0.25) is 0 Å². The summed E-state index contributed by atoms with van der Waals surface area (Å²) >= 11 is 0. The van der Waals surface area contributed by atoms with Crippen LogP contribution in [-0.2, 0) is 4.74 Å². The van der Waals surface area contributed by atoms with Crippen LogP contribution in [0.5, 0.6) is 0 Å². The van der Waals surface area contributed by atoms with E-state index in [1.165, 1.54) is 11.8 Å². The summed E-state index contributed by atoms with van der Waals surface area (Å²) in [6, 6.07) is 17.8. The molecule has 2 aromatic carbocycles. The molecule has 3 aromatic heterocycles. The van der Waals surface area contributed by atoms with Crippen molar-refractivity contribution in [3.05, 3.63) is 88.7 Å². The number of anilines is 2. The predicted molar refractivity (Wildman–Crippen MR) is 145 cm³/mol. The maximum atomic E-state index is 12.7. The van der Waals surface area contributed by atoms with Crippen molar-refractivity contribution in [3.8, 4) is 17.2 Å². The van der Waals surface area contributed by atoms with Gasteiger partial charge >= 0.3 is 5.97 Å². The van der Waals surface area contributed by atoms with Gasteiger partial charge in [0.05, 0.1) is 17.8 Å². The molecule has 8 heteroatoms. The predicted octanol–water partition coefficient (Wildman–Crippen LogP) is 6.03. The number of aryl methyl sites for hydroxylation is 4. The monoisotopic (exact) mass is 492 g/mol. The van der Waals surface area contributed by atoms with Crippen LogP contribution in [0.4, 0.5) is 11.6 Å². The lowest BCUT2D eigenvalue weighted by Crippen LogP contribution is -2.13. The molecule has 0 aliphatic heterocycles. The fourth-order valence-electron chi connectivity index (χ4n) is 4.38. The third kappa shape index (κ3) is 4.78. The summed E-state index contributed by atoms with van der Waals surface area (Å²) < 4.78 is 7.00. The van der Waals surface area contributed by atoms with Crippen molar-refractivity contribution in [1.82, 2.24) is 24.7 Å². The number of pyridine rings is 1. The van der Waals surface area contributed by atoms with Crippen LogP contribution in [0, 0.1) is 27.7 Å². The third-order valence-electron chi connectivity index (χ3n) is 6.05. The van der Waals surface area contributed by atoms with E-state index in [0.29, 0.717) is 23.3 Å². The molecule has 0 spiro atoms. The van der Waals surface area contributed by atoms with E-state index in [-0.39, 0.29) is 12.2 Å². The van der Waals surface area contributed by atoms with Gasteiger partial charge in [0.1, 0.15) is 17.2 Å². The fraction of sp³-hybridized carbons (Fsp3) is 0.207. The molecule has 3 heterocycles. The largest absolute Gasteiger partial charge is 0.462 e. The smallest absolute Gasteiger partial charge is 0.343 e. The Bertz CT molecular complexity index is 1630. The minimum Gasteiger partial charge on any atom is -0.462 e. The number of esters is 1. The third-order valence-corrected chi connectivity index (χ3v) is 6.05. The first kappa shape index (κ1) is 24.1. The summed E-state index contributed by atoms with van der Waals surface area (Å²) in [6.45, 7) is 10.1. The molecule has 0 bridgehead atoms. The van der Waals surface area contributed by atoms with Gasteiger partial charge in [-0.1, -0.05) is 42.0 Å². The molecular formula is C29H28N6O2. The van der Waals surface area contributed by atoms with Gasteiger partial charge in [0.2, 0.25) is 0 Å². The summed E-state index contributed by atoms with van der Waals surface area (Å²) in [4.78, 5) is 26.8. The molecular weight excluding hydrogens is 464 g/mol. The van der Waals surface area contributed by atoms with Crippen molar-refractivity contribution >= 4 is 28.5 Å². The molecule has 37 heavy (non-hydrogen) atoms. The SMILES string of the molecule is CCOC(=O)c1cnc(-c2ccccc2)nc1Nc1cc(C)nn1-c1cc(C)c2cc(C)cc(C)c2n1. The molecule has 0 unspecified atom stereocenters. The minimum atomic E-state index is -0.502. The second-order valence-corrected chi connectivity index (χ2v) is 9.03. The van der Waals surface area contributed by atoms with Gasteiger partial charge in [0.25, 0.3) is 0 Å². The van der Waals surface area contributed by atoms with Crippen LogP contribution >= 0.6 is 0 Å². The Morgan fingerprint density at radius 2 is 1.76 bits per heavy atom. The molecule has 5 rings (SSSR count). The minimum absolute atomic E-state index is 0.237. The van der Waals surface area contributed by atoms with Crippen LogP contribution in [-0.4, -0.2) is 37.3 Å². The van der Waals surface area contributed by atoms with E-state index in [4.69, 9.17) is 19.8 Å². The van der Waals surface area contributed by atoms with Crippen LogP contribution in [0.1, 0.15) is 39.7 Å².